The summed E-state index contributed by atoms with van der Waals surface area (Å²) in [5, 5.41) is 5.22. The molecule has 0 aliphatic carbocycles. The van der Waals surface area contributed by atoms with Crippen molar-refractivity contribution in [1.82, 2.24) is 0 Å². The highest BCUT2D eigenvalue weighted by atomic mass is 14.1. The van der Waals surface area contributed by atoms with Crippen molar-refractivity contribution in [3.05, 3.63) is 103 Å². The van der Waals surface area contributed by atoms with Crippen molar-refractivity contribution >= 4 is 27.1 Å². The highest BCUT2D eigenvalue weighted by molar-refractivity contribution is 6.09. The lowest BCUT2D eigenvalue weighted by atomic mass is 9.94. The molecule has 0 nitrogen and oxygen atoms in total. The largest absolute Gasteiger partial charge is 0.0877 e. The average Bonchev–Trinajstić information content (AvgIpc) is 2.81. The second kappa shape index (κ2) is 9.89. The molecule has 0 aliphatic rings. The van der Waals surface area contributed by atoms with E-state index in [2.05, 4.69) is 111 Å². The Kier molecular flexibility index (Phi) is 7.03. The van der Waals surface area contributed by atoms with Gasteiger partial charge in [0.15, 0.2) is 0 Å². The summed E-state index contributed by atoms with van der Waals surface area (Å²) in [6.45, 7) is 8.27. The van der Waals surface area contributed by atoms with Crippen LogP contribution in [0.15, 0.2) is 97.1 Å². The Balaban J connectivity index is 0.00000117. The van der Waals surface area contributed by atoms with E-state index in [0.29, 0.717) is 0 Å². The first-order valence-electron chi connectivity index (χ1n) is 10.6. The lowest BCUT2D eigenvalue weighted by molar-refractivity contribution is 1.24. The minimum Gasteiger partial charge on any atom is -0.0877 e. The predicted molar refractivity (Wildman–Crippen MR) is 131 cm³/mol. The van der Waals surface area contributed by atoms with E-state index in [0.717, 1.165) is 6.42 Å². The fourth-order valence-electron chi connectivity index (χ4n) is 3.71. The van der Waals surface area contributed by atoms with Gasteiger partial charge in [0, 0.05) is 0 Å². The Labute approximate surface area is 175 Å². The molecule has 0 saturated carbocycles. The standard InChI is InChI=1S/C27H24.C2H6/c1-3-5-9-20(4-2)22-14-16-26-24(18-22)12-13-25-19-23(15-17-27(25)26)21-10-7-6-8-11-21;1-2/h3,5-19H,4H2,1-2H3;1-2H3/b5-3-,20-9+;. The van der Waals surface area contributed by atoms with E-state index in [-0.39, 0.29) is 0 Å². The van der Waals surface area contributed by atoms with Gasteiger partial charge in [-0.3, -0.25) is 0 Å². The summed E-state index contributed by atoms with van der Waals surface area (Å²) in [5.74, 6) is 0. The Bertz CT molecular complexity index is 1140. The second-order valence-electron chi connectivity index (χ2n) is 6.87. The van der Waals surface area contributed by atoms with Crippen molar-refractivity contribution in [1.29, 1.82) is 0 Å². The molecule has 0 bridgehead atoms. The molecule has 0 saturated heterocycles. The van der Waals surface area contributed by atoms with Crippen LogP contribution in [0.4, 0.5) is 0 Å². The van der Waals surface area contributed by atoms with Crippen molar-refractivity contribution in [2.75, 3.05) is 0 Å². The molecule has 0 fully saturated rings. The van der Waals surface area contributed by atoms with Gasteiger partial charge in [-0.25, -0.2) is 0 Å². The predicted octanol–water partition coefficient (Wildman–Crippen LogP) is 9.06. The molecule has 0 N–H and O–H groups in total. The van der Waals surface area contributed by atoms with E-state index in [9.17, 15) is 0 Å². The third-order valence-electron chi connectivity index (χ3n) is 5.18. The van der Waals surface area contributed by atoms with Gasteiger partial charge in [0.2, 0.25) is 0 Å². The summed E-state index contributed by atoms with van der Waals surface area (Å²) in [6.07, 6.45) is 7.45. The van der Waals surface area contributed by atoms with E-state index >= 15 is 0 Å². The Hall–Kier alpha value is -3.12. The summed E-state index contributed by atoms with van der Waals surface area (Å²) >= 11 is 0. The zero-order valence-electron chi connectivity index (χ0n) is 17.9. The molecular weight excluding hydrogens is 348 g/mol. The molecule has 0 aromatic heterocycles. The van der Waals surface area contributed by atoms with Crippen molar-refractivity contribution in [2.24, 2.45) is 0 Å². The smallest absolute Gasteiger partial charge is 0.0105 e. The maximum absolute atomic E-state index is 2.32. The van der Waals surface area contributed by atoms with Crippen LogP contribution in [0.1, 0.15) is 39.7 Å². The number of rotatable bonds is 4. The van der Waals surface area contributed by atoms with Crippen molar-refractivity contribution < 1.29 is 0 Å². The summed E-state index contributed by atoms with van der Waals surface area (Å²) in [5.41, 5.74) is 5.20. The maximum Gasteiger partial charge on any atom is -0.0105 e. The van der Waals surface area contributed by atoms with Crippen LogP contribution < -0.4 is 0 Å². The highest BCUT2D eigenvalue weighted by Crippen LogP contribution is 2.31. The zero-order valence-corrected chi connectivity index (χ0v) is 17.9. The molecule has 4 aromatic rings. The number of hydrogen-bond acceptors (Lipinski definition) is 0. The number of fused-ring (bicyclic) bond motifs is 3. The zero-order chi connectivity index (χ0) is 20.6. The van der Waals surface area contributed by atoms with E-state index in [1.54, 1.807) is 0 Å². The van der Waals surface area contributed by atoms with Crippen LogP contribution in [0.5, 0.6) is 0 Å². The minimum absolute atomic E-state index is 1.03. The molecule has 0 radical (unpaired) electrons. The van der Waals surface area contributed by atoms with E-state index in [4.69, 9.17) is 0 Å². The molecule has 0 amide bonds. The van der Waals surface area contributed by atoms with Gasteiger partial charge in [-0.2, -0.15) is 0 Å². The first-order valence-corrected chi connectivity index (χ1v) is 10.6. The highest BCUT2D eigenvalue weighted by Gasteiger charge is 2.06. The third kappa shape index (κ3) is 4.49. The lowest BCUT2D eigenvalue weighted by Gasteiger charge is -2.10. The first-order chi connectivity index (χ1) is 14.3. The fourth-order valence-corrected chi connectivity index (χ4v) is 3.71. The van der Waals surface area contributed by atoms with Gasteiger partial charge in [0.1, 0.15) is 0 Å². The molecule has 0 spiro atoms. The Morgan fingerprint density at radius 1 is 0.724 bits per heavy atom. The van der Waals surface area contributed by atoms with Crippen LogP contribution in [-0.4, -0.2) is 0 Å². The van der Waals surface area contributed by atoms with Crippen molar-refractivity contribution in [3.8, 4) is 11.1 Å². The molecular formula is C29H30. The summed E-state index contributed by atoms with van der Waals surface area (Å²) in [6, 6.07) is 28.7. The minimum atomic E-state index is 1.03. The third-order valence-corrected chi connectivity index (χ3v) is 5.18. The summed E-state index contributed by atoms with van der Waals surface area (Å²) < 4.78 is 0. The second-order valence-corrected chi connectivity index (χ2v) is 6.87. The van der Waals surface area contributed by atoms with Gasteiger partial charge in [0.05, 0.1) is 0 Å². The molecule has 0 heteroatoms. The molecule has 4 rings (SSSR count). The van der Waals surface area contributed by atoms with Crippen molar-refractivity contribution in [3.63, 3.8) is 0 Å². The van der Waals surface area contributed by atoms with E-state index in [1.165, 1.54) is 43.8 Å². The normalized spacial score (nSPS) is 11.7. The molecule has 0 heterocycles. The summed E-state index contributed by atoms with van der Waals surface area (Å²) in [4.78, 5) is 0. The van der Waals surface area contributed by atoms with Crippen molar-refractivity contribution in [2.45, 2.75) is 34.1 Å². The topological polar surface area (TPSA) is 0 Å². The van der Waals surface area contributed by atoms with Gasteiger partial charge in [-0.05, 0) is 69.3 Å². The number of allylic oxidation sites excluding steroid dienone is 4. The average molecular weight is 379 g/mol. The van der Waals surface area contributed by atoms with Gasteiger partial charge in [-0.15, -0.1) is 0 Å². The molecule has 0 atom stereocenters. The first kappa shape index (κ1) is 20.6. The van der Waals surface area contributed by atoms with Crippen LogP contribution in [0, 0.1) is 0 Å². The van der Waals surface area contributed by atoms with E-state index < -0.39 is 0 Å². The van der Waals surface area contributed by atoms with E-state index in [1.807, 2.05) is 13.8 Å². The fraction of sp³-hybridized carbons (Fsp3) is 0.172. The molecule has 4 aromatic carbocycles. The Morgan fingerprint density at radius 3 is 2.03 bits per heavy atom. The van der Waals surface area contributed by atoms with Gasteiger partial charge < -0.3 is 0 Å². The number of benzene rings is 4. The van der Waals surface area contributed by atoms with Crippen LogP contribution in [-0.2, 0) is 0 Å². The lowest BCUT2D eigenvalue weighted by Crippen LogP contribution is -1.85. The van der Waals surface area contributed by atoms with Gasteiger partial charge >= 0.3 is 0 Å². The van der Waals surface area contributed by atoms with Crippen LogP contribution in [0.25, 0.3) is 38.2 Å². The Morgan fingerprint density at radius 2 is 1.38 bits per heavy atom. The molecule has 0 aliphatic heterocycles. The molecule has 29 heavy (non-hydrogen) atoms. The molecule has 146 valence electrons. The van der Waals surface area contributed by atoms with Crippen LogP contribution >= 0.6 is 0 Å². The quantitative estimate of drug-likeness (QED) is 0.245. The van der Waals surface area contributed by atoms with Crippen LogP contribution in [0.3, 0.4) is 0 Å². The SMILES string of the molecule is C/C=C\C=C(/CC)c1ccc2c(ccc3cc(-c4ccccc4)ccc32)c1.CC. The number of hydrogen-bond donors (Lipinski definition) is 0. The summed E-state index contributed by atoms with van der Waals surface area (Å²) in [7, 11) is 0. The molecule has 0 unspecified atom stereocenters. The van der Waals surface area contributed by atoms with Gasteiger partial charge in [0.25, 0.3) is 0 Å². The van der Waals surface area contributed by atoms with Crippen LogP contribution in [0.2, 0.25) is 0 Å². The van der Waals surface area contributed by atoms with Gasteiger partial charge in [-0.1, -0.05) is 106 Å². The maximum atomic E-state index is 2.32. The monoisotopic (exact) mass is 378 g/mol.